The summed E-state index contributed by atoms with van der Waals surface area (Å²) in [6.07, 6.45) is 0. The number of sulfonamides is 1. The van der Waals surface area contributed by atoms with Crippen LogP contribution >= 0.6 is 0 Å². The molecule has 0 bridgehead atoms. The molecule has 0 aliphatic carbocycles. The van der Waals surface area contributed by atoms with Crippen molar-refractivity contribution in [2.75, 3.05) is 49.1 Å². The van der Waals surface area contributed by atoms with Crippen molar-refractivity contribution in [1.82, 2.24) is 4.31 Å². The molecule has 0 spiro atoms. The van der Waals surface area contributed by atoms with Crippen LogP contribution in [-0.2, 0) is 10.0 Å². The molecule has 0 aromatic heterocycles. The fourth-order valence-corrected chi connectivity index (χ4v) is 4.93. The highest BCUT2D eigenvalue weighted by Crippen LogP contribution is 2.24. The Morgan fingerprint density at radius 3 is 1.93 bits per heavy atom. The summed E-state index contributed by atoms with van der Waals surface area (Å²) < 4.78 is 27.3. The summed E-state index contributed by atoms with van der Waals surface area (Å²) in [6.45, 7) is 10.7. The first-order valence-electron chi connectivity index (χ1n) is 9.62. The maximum Gasteiger partial charge on any atom is 0.243 e. The van der Waals surface area contributed by atoms with Gasteiger partial charge in [0, 0.05) is 50.6 Å². The maximum absolute atomic E-state index is 12.8. The van der Waals surface area contributed by atoms with Crippen LogP contribution in [-0.4, -0.2) is 52.0 Å². The molecule has 6 heteroatoms. The second-order valence-electron chi connectivity index (χ2n) is 6.89. The molecule has 1 fully saturated rings. The highest BCUT2D eigenvalue weighted by Gasteiger charge is 2.28. The van der Waals surface area contributed by atoms with Crippen molar-refractivity contribution in [3.63, 3.8) is 0 Å². The highest BCUT2D eigenvalue weighted by molar-refractivity contribution is 7.89. The Balaban J connectivity index is 1.65. The molecule has 27 heavy (non-hydrogen) atoms. The second-order valence-corrected chi connectivity index (χ2v) is 8.83. The molecule has 2 aromatic rings. The van der Waals surface area contributed by atoms with E-state index in [9.17, 15) is 8.42 Å². The number of benzene rings is 2. The van der Waals surface area contributed by atoms with E-state index < -0.39 is 10.0 Å². The third-order valence-electron chi connectivity index (χ3n) is 5.24. The van der Waals surface area contributed by atoms with Gasteiger partial charge in [0.2, 0.25) is 10.0 Å². The van der Waals surface area contributed by atoms with E-state index in [1.807, 2.05) is 19.1 Å². The van der Waals surface area contributed by atoms with Gasteiger partial charge in [-0.25, -0.2) is 8.42 Å². The largest absolute Gasteiger partial charge is 0.372 e. The van der Waals surface area contributed by atoms with Crippen molar-refractivity contribution in [3.05, 3.63) is 54.1 Å². The molecule has 1 aliphatic rings. The summed E-state index contributed by atoms with van der Waals surface area (Å²) in [5, 5.41) is 0. The molecule has 3 rings (SSSR count). The molecule has 0 N–H and O–H groups in total. The molecule has 146 valence electrons. The van der Waals surface area contributed by atoms with Crippen molar-refractivity contribution < 1.29 is 8.42 Å². The van der Waals surface area contributed by atoms with Gasteiger partial charge in [-0.3, -0.25) is 0 Å². The number of rotatable bonds is 6. The minimum Gasteiger partial charge on any atom is -0.372 e. The average Bonchev–Trinajstić information content (AvgIpc) is 2.70. The van der Waals surface area contributed by atoms with E-state index in [4.69, 9.17) is 0 Å². The minimum atomic E-state index is -3.41. The topological polar surface area (TPSA) is 43.9 Å². The predicted octanol–water partition coefficient (Wildman–Crippen LogP) is 3.35. The zero-order valence-corrected chi connectivity index (χ0v) is 17.2. The Bertz CT molecular complexity index is 836. The van der Waals surface area contributed by atoms with Gasteiger partial charge in [0.1, 0.15) is 0 Å². The first-order valence-corrected chi connectivity index (χ1v) is 11.1. The summed E-state index contributed by atoms with van der Waals surface area (Å²) in [5.41, 5.74) is 3.44. The lowest BCUT2D eigenvalue weighted by atomic mass is 10.2. The first-order chi connectivity index (χ1) is 13.0. The number of nitrogens with zero attached hydrogens (tertiary/aromatic N) is 3. The summed E-state index contributed by atoms with van der Waals surface area (Å²) in [4.78, 5) is 4.95. The Hall–Kier alpha value is -2.05. The SMILES string of the molecule is CCN(CC)c1ccc(N2CCN(S(=O)(=O)c3ccc(C)cc3)CC2)cc1. The Kier molecular flexibility index (Phi) is 6.07. The van der Waals surface area contributed by atoms with Gasteiger partial charge in [-0.05, 0) is 57.2 Å². The van der Waals surface area contributed by atoms with Gasteiger partial charge in [-0.2, -0.15) is 4.31 Å². The van der Waals surface area contributed by atoms with Crippen molar-refractivity contribution in [3.8, 4) is 0 Å². The molecule has 0 atom stereocenters. The van der Waals surface area contributed by atoms with Gasteiger partial charge < -0.3 is 9.80 Å². The summed E-state index contributed by atoms with van der Waals surface area (Å²) in [6, 6.07) is 15.7. The third-order valence-corrected chi connectivity index (χ3v) is 7.15. The van der Waals surface area contributed by atoms with Gasteiger partial charge >= 0.3 is 0 Å². The smallest absolute Gasteiger partial charge is 0.243 e. The number of anilines is 2. The molecule has 5 nitrogen and oxygen atoms in total. The quantitative estimate of drug-likeness (QED) is 0.762. The van der Waals surface area contributed by atoms with Crippen LogP contribution in [0.3, 0.4) is 0 Å². The summed E-state index contributed by atoms with van der Waals surface area (Å²) in [7, 11) is -3.41. The molecule has 0 unspecified atom stereocenters. The van der Waals surface area contributed by atoms with Crippen LogP contribution in [0.4, 0.5) is 11.4 Å². The minimum absolute atomic E-state index is 0.380. The number of hydrogen-bond acceptors (Lipinski definition) is 4. The standard InChI is InChI=1S/C21H29N3O2S/c1-4-22(5-2)19-8-10-20(11-9-19)23-14-16-24(17-15-23)27(25,26)21-12-6-18(3)7-13-21/h6-13H,4-5,14-17H2,1-3H3. The average molecular weight is 388 g/mol. The molecule has 0 radical (unpaired) electrons. The predicted molar refractivity (Wildman–Crippen MR) is 112 cm³/mol. The lowest BCUT2D eigenvalue weighted by Crippen LogP contribution is -2.48. The molecular formula is C21H29N3O2S. The number of hydrogen-bond donors (Lipinski definition) is 0. The number of piperazine rings is 1. The zero-order chi connectivity index (χ0) is 19.4. The fourth-order valence-electron chi connectivity index (χ4n) is 3.51. The molecule has 1 aliphatic heterocycles. The van der Waals surface area contributed by atoms with Crippen LogP contribution in [0.25, 0.3) is 0 Å². The fraction of sp³-hybridized carbons (Fsp3) is 0.429. The summed E-state index contributed by atoms with van der Waals surface area (Å²) in [5.74, 6) is 0. The van der Waals surface area contributed by atoms with E-state index >= 15 is 0 Å². The molecular weight excluding hydrogens is 358 g/mol. The van der Waals surface area contributed by atoms with Crippen molar-refractivity contribution in [2.24, 2.45) is 0 Å². The van der Waals surface area contributed by atoms with E-state index in [1.54, 1.807) is 16.4 Å². The van der Waals surface area contributed by atoms with Crippen molar-refractivity contribution in [1.29, 1.82) is 0 Å². The van der Waals surface area contributed by atoms with E-state index in [0.717, 1.165) is 24.3 Å². The normalized spacial score (nSPS) is 15.7. The van der Waals surface area contributed by atoms with Gasteiger partial charge in [0.05, 0.1) is 4.90 Å². The van der Waals surface area contributed by atoms with Gasteiger partial charge in [-0.15, -0.1) is 0 Å². The molecule has 0 saturated carbocycles. The molecule has 2 aromatic carbocycles. The zero-order valence-electron chi connectivity index (χ0n) is 16.4. The lowest BCUT2D eigenvalue weighted by Gasteiger charge is -2.35. The second kappa shape index (κ2) is 8.31. The summed E-state index contributed by atoms with van der Waals surface area (Å²) >= 11 is 0. The van der Waals surface area contributed by atoms with Crippen LogP contribution in [0.15, 0.2) is 53.4 Å². The van der Waals surface area contributed by atoms with Gasteiger partial charge in [-0.1, -0.05) is 17.7 Å². The lowest BCUT2D eigenvalue weighted by molar-refractivity contribution is 0.385. The van der Waals surface area contributed by atoms with E-state index in [1.165, 1.54) is 5.69 Å². The van der Waals surface area contributed by atoms with Crippen LogP contribution in [0.1, 0.15) is 19.4 Å². The van der Waals surface area contributed by atoms with Crippen LogP contribution in [0.5, 0.6) is 0 Å². The van der Waals surface area contributed by atoms with Crippen LogP contribution in [0, 0.1) is 6.92 Å². The Morgan fingerprint density at radius 2 is 1.41 bits per heavy atom. The molecule has 0 amide bonds. The van der Waals surface area contributed by atoms with E-state index in [-0.39, 0.29) is 0 Å². The first kappa shape index (κ1) is 19.7. The van der Waals surface area contributed by atoms with Gasteiger partial charge in [0.15, 0.2) is 0 Å². The molecule has 1 saturated heterocycles. The van der Waals surface area contributed by atoms with Crippen LogP contribution < -0.4 is 9.80 Å². The highest BCUT2D eigenvalue weighted by atomic mass is 32.2. The van der Waals surface area contributed by atoms with Crippen LogP contribution in [0.2, 0.25) is 0 Å². The maximum atomic E-state index is 12.8. The van der Waals surface area contributed by atoms with E-state index in [0.29, 0.717) is 31.1 Å². The third kappa shape index (κ3) is 4.28. The van der Waals surface area contributed by atoms with Crippen molar-refractivity contribution in [2.45, 2.75) is 25.7 Å². The van der Waals surface area contributed by atoms with E-state index in [2.05, 4.69) is 47.9 Å². The molecule has 1 heterocycles. The number of aryl methyl sites for hydroxylation is 1. The monoisotopic (exact) mass is 387 g/mol. The van der Waals surface area contributed by atoms with Gasteiger partial charge in [0.25, 0.3) is 0 Å². The Morgan fingerprint density at radius 1 is 0.852 bits per heavy atom. The van der Waals surface area contributed by atoms with Crippen molar-refractivity contribution >= 4 is 21.4 Å². The Labute approximate surface area is 163 Å².